The van der Waals surface area contributed by atoms with Crippen molar-refractivity contribution in [2.75, 3.05) is 0 Å². The summed E-state index contributed by atoms with van der Waals surface area (Å²) < 4.78 is 16.9. The Kier molecular flexibility index (Phi) is 4.76. The van der Waals surface area contributed by atoms with Crippen molar-refractivity contribution in [1.29, 1.82) is 0 Å². The molecule has 114 valence electrons. The molecule has 1 aromatic heterocycles. The van der Waals surface area contributed by atoms with Gasteiger partial charge in [0.25, 0.3) is 0 Å². The van der Waals surface area contributed by atoms with Gasteiger partial charge in [0.05, 0.1) is 17.4 Å². The maximum Gasteiger partial charge on any atom is 0.136 e. The Morgan fingerprint density at radius 2 is 1.86 bits per heavy atom. The van der Waals surface area contributed by atoms with Crippen molar-refractivity contribution in [2.45, 2.75) is 38.5 Å². The number of benzene rings is 1. The fraction of sp³-hybridized carbons (Fsp3) is 0.438. The lowest BCUT2D eigenvalue weighted by Gasteiger charge is -2.25. The van der Waals surface area contributed by atoms with Crippen LogP contribution in [0.5, 0.6) is 0 Å². The monoisotopic (exact) mass is 305 g/mol. The lowest BCUT2D eigenvalue weighted by atomic mass is 10.1. The van der Waals surface area contributed by atoms with Crippen molar-refractivity contribution >= 4 is 11.4 Å². The van der Waals surface area contributed by atoms with E-state index in [1.54, 1.807) is 0 Å². The highest BCUT2D eigenvalue weighted by atomic mass is 32.2. The zero-order valence-corrected chi connectivity index (χ0v) is 14.1. The number of aryl methyl sites for hydroxylation is 1. The van der Waals surface area contributed by atoms with E-state index in [0.29, 0.717) is 0 Å². The first kappa shape index (κ1) is 16.1. The zero-order valence-electron chi connectivity index (χ0n) is 13.3. The molecule has 0 bridgehead atoms. The van der Waals surface area contributed by atoms with Crippen LogP contribution in [0.4, 0.5) is 0 Å². The number of hydrogen-bond donors (Lipinski definition) is 1. The van der Waals surface area contributed by atoms with Crippen LogP contribution >= 0.6 is 0 Å². The average molecular weight is 305 g/mol. The van der Waals surface area contributed by atoms with Gasteiger partial charge in [-0.1, -0.05) is 30.3 Å². The first-order valence-electron chi connectivity index (χ1n) is 7.06. The van der Waals surface area contributed by atoms with Crippen LogP contribution < -0.4 is 4.72 Å². The number of rotatable bonds is 4. The molecule has 2 rings (SSSR count). The molecular formula is C16H23N3OS. The second-order valence-corrected chi connectivity index (χ2v) is 8.16. The number of nitrogens with zero attached hydrogens (tertiary/aromatic N) is 2. The quantitative estimate of drug-likeness (QED) is 0.883. The highest BCUT2D eigenvalue weighted by Gasteiger charge is 2.29. The van der Waals surface area contributed by atoms with Gasteiger partial charge in [-0.3, -0.25) is 4.68 Å². The van der Waals surface area contributed by atoms with Crippen LogP contribution in [0.3, 0.4) is 0 Å². The molecular weight excluding hydrogens is 282 g/mol. The SMILES string of the molecule is C[C@@H](N[S+]([O-])C(C)(C)C)c1cc(-c2ccccc2)n(C)n1. The molecule has 2 atom stereocenters. The summed E-state index contributed by atoms with van der Waals surface area (Å²) in [7, 11) is 1.93. The summed E-state index contributed by atoms with van der Waals surface area (Å²) in [5.41, 5.74) is 3.08. The smallest absolute Gasteiger partial charge is 0.136 e. The van der Waals surface area contributed by atoms with Gasteiger partial charge in [-0.25, -0.2) is 0 Å². The third-order valence-electron chi connectivity index (χ3n) is 3.25. The highest BCUT2D eigenvalue weighted by Crippen LogP contribution is 2.24. The zero-order chi connectivity index (χ0) is 15.6. The molecule has 4 nitrogen and oxygen atoms in total. The Morgan fingerprint density at radius 3 is 2.43 bits per heavy atom. The van der Waals surface area contributed by atoms with Crippen molar-refractivity contribution in [1.82, 2.24) is 14.5 Å². The lowest BCUT2D eigenvalue weighted by molar-refractivity contribution is 0.527. The van der Waals surface area contributed by atoms with E-state index in [1.807, 2.05) is 63.7 Å². The van der Waals surface area contributed by atoms with Gasteiger partial charge in [-0.15, -0.1) is 4.72 Å². The molecule has 0 aliphatic rings. The summed E-state index contributed by atoms with van der Waals surface area (Å²) in [5.74, 6) is 0. The summed E-state index contributed by atoms with van der Waals surface area (Å²) in [4.78, 5) is 0. The van der Waals surface area contributed by atoms with Crippen molar-refractivity contribution in [3.8, 4) is 11.3 Å². The van der Waals surface area contributed by atoms with E-state index in [4.69, 9.17) is 0 Å². The molecule has 1 heterocycles. The Labute approximate surface area is 129 Å². The molecule has 5 heteroatoms. The molecule has 1 aromatic carbocycles. The predicted octanol–water partition coefficient (Wildman–Crippen LogP) is 3.20. The van der Waals surface area contributed by atoms with Crippen molar-refractivity contribution in [2.24, 2.45) is 7.05 Å². The van der Waals surface area contributed by atoms with Gasteiger partial charge in [0, 0.05) is 18.4 Å². The van der Waals surface area contributed by atoms with E-state index in [-0.39, 0.29) is 10.8 Å². The Hall–Kier alpha value is -1.30. The van der Waals surface area contributed by atoms with Crippen LogP contribution in [-0.2, 0) is 18.4 Å². The maximum atomic E-state index is 12.2. The second-order valence-electron chi connectivity index (χ2n) is 6.16. The fourth-order valence-corrected chi connectivity index (χ4v) is 2.77. The molecule has 1 unspecified atom stereocenters. The van der Waals surface area contributed by atoms with Gasteiger partial charge in [-0.2, -0.15) is 5.10 Å². The van der Waals surface area contributed by atoms with Gasteiger partial charge in [0.15, 0.2) is 0 Å². The topological polar surface area (TPSA) is 52.9 Å². The number of aromatic nitrogens is 2. The summed E-state index contributed by atoms with van der Waals surface area (Å²) in [6.07, 6.45) is 0. The van der Waals surface area contributed by atoms with Crippen LogP contribution in [0, 0.1) is 0 Å². The molecule has 0 spiro atoms. The van der Waals surface area contributed by atoms with Gasteiger partial charge in [0.1, 0.15) is 4.75 Å². The van der Waals surface area contributed by atoms with Crippen molar-refractivity contribution in [3.63, 3.8) is 0 Å². The Morgan fingerprint density at radius 1 is 1.24 bits per heavy atom. The van der Waals surface area contributed by atoms with Crippen LogP contribution in [-0.4, -0.2) is 19.1 Å². The van der Waals surface area contributed by atoms with Crippen LogP contribution in [0.25, 0.3) is 11.3 Å². The van der Waals surface area contributed by atoms with Gasteiger partial charge in [-0.05, 0) is 39.3 Å². The molecule has 0 amide bonds. The van der Waals surface area contributed by atoms with E-state index in [0.717, 1.165) is 17.0 Å². The minimum Gasteiger partial charge on any atom is -0.598 e. The first-order chi connectivity index (χ1) is 9.79. The van der Waals surface area contributed by atoms with E-state index in [9.17, 15) is 4.55 Å². The second kappa shape index (κ2) is 6.22. The molecule has 1 N–H and O–H groups in total. The molecule has 0 fully saturated rings. The van der Waals surface area contributed by atoms with Crippen LogP contribution in [0.2, 0.25) is 0 Å². The normalized spacial score (nSPS) is 15.0. The van der Waals surface area contributed by atoms with Crippen molar-refractivity contribution < 1.29 is 4.55 Å². The van der Waals surface area contributed by atoms with Crippen LogP contribution in [0.1, 0.15) is 39.4 Å². The van der Waals surface area contributed by atoms with E-state index in [1.165, 1.54) is 0 Å². The van der Waals surface area contributed by atoms with Crippen LogP contribution in [0.15, 0.2) is 36.4 Å². The standard InChI is InChI=1S/C16H23N3OS/c1-12(18-21(20)16(2,3)4)14-11-15(19(5)17-14)13-9-7-6-8-10-13/h6-12,18H,1-5H3/t12-,21?/m1/s1. The molecule has 2 aromatic rings. The summed E-state index contributed by atoms with van der Waals surface area (Å²) >= 11 is -1.11. The molecule has 0 aliphatic heterocycles. The highest BCUT2D eigenvalue weighted by molar-refractivity contribution is 7.90. The van der Waals surface area contributed by atoms with E-state index >= 15 is 0 Å². The van der Waals surface area contributed by atoms with Gasteiger partial charge >= 0.3 is 0 Å². The Balaban J connectivity index is 2.19. The largest absolute Gasteiger partial charge is 0.598 e. The van der Waals surface area contributed by atoms with E-state index in [2.05, 4.69) is 22.0 Å². The number of hydrogen-bond acceptors (Lipinski definition) is 3. The minimum atomic E-state index is -1.11. The van der Waals surface area contributed by atoms with Crippen molar-refractivity contribution in [3.05, 3.63) is 42.1 Å². The minimum absolute atomic E-state index is 0.0614. The number of nitrogens with one attached hydrogen (secondary N) is 1. The molecule has 0 aliphatic carbocycles. The molecule has 0 saturated heterocycles. The van der Waals surface area contributed by atoms with Gasteiger partial charge in [0.2, 0.25) is 0 Å². The fourth-order valence-electron chi connectivity index (χ4n) is 1.98. The van der Waals surface area contributed by atoms with E-state index < -0.39 is 11.4 Å². The Bertz CT molecular complexity index is 589. The van der Waals surface area contributed by atoms with Gasteiger partial charge < -0.3 is 4.55 Å². The third-order valence-corrected chi connectivity index (χ3v) is 4.93. The summed E-state index contributed by atoms with van der Waals surface area (Å²) in [6, 6.07) is 12.1. The summed E-state index contributed by atoms with van der Waals surface area (Å²) in [6.45, 7) is 7.85. The predicted molar refractivity (Wildman–Crippen MR) is 88.1 cm³/mol. The maximum absolute atomic E-state index is 12.2. The molecule has 21 heavy (non-hydrogen) atoms. The summed E-state index contributed by atoms with van der Waals surface area (Å²) in [5, 5.41) is 4.54. The first-order valence-corrected chi connectivity index (χ1v) is 8.21. The lowest BCUT2D eigenvalue weighted by Crippen LogP contribution is -2.40. The third kappa shape index (κ3) is 3.87. The molecule has 0 radical (unpaired) electrons. The average Bonchev–Trinajstić information content (AvgIpc) is 2.81. The molecule has 0 saturated carbocycles.